The summed E-state index contributed by atoms with van der Waals surface area (Å²) in [5.41, 5.74) is 0. The smallest absolute Gasteiger partial charge is 0.225 e. The van der Waals surface area contributed by atoms with E-state index < -0.39 is 0 Å². The van der Waals surface area contributed by atoms with Crippen LogP contribution in [0.4, 0.5) is 0 Å². The van der Waals surface area contributed by atoms with Gasteiger partial charge in [-0.05, 0) is 5.92 Å². The summed E-state index contributed by atoms with van der Waals surface area (Å²) in [6, 6.07) is 0. The molecule has 16 heavy (non-hydrogen) atoms. The molecule has 1 unspecified atom stereocenters. The molecule has 3 nitrogen and oxygen atoms in total. The van der Waals surface area contributed by atoms with Gasteiger partial charge in [0.05, 0.1) is 0 Å². The molecule has 1 atom stereocenters. The third kappa shape index (κ3) is 3.78. The number of rotatable bonds is 4. The Kier molecular flexibility index (Phi) is 5.26. The minimum Gasteiger partial charge on any atom is -0.340 e. The van der Waals surface area contributed by atoms with Crippen molar-refractivity contribution in [2.45, 2.75) is 34.1 Å². The van der Waals surface area contributed by atoms with Crippen LogP contribution in [0.15, 0.2) is 0 Å². The Morgan fingerprint density at radius 2 is 1.69 bits per heavy atom. The van der Waals surface area contributed by atoms with Crippen LogP contribution in [-0.2, 0) is 4.79 Å². The average Bonchev–Trinajstić information content (AvgIpc) is 2.28. The first-order valence-corrected chi connectivity index (χ1v) is 6.55. The lowest BCUT2D eigenvalue weighted by atomic mass is 10.1. The summed E-state index contributed by atoms with van der Waals surface area (Å²) in [7, 11) is 0. The first-order valence-electron chi connectivity index (χ1n) is 6.55. The predicted molar refractivity (Wildman–Crippen MR) is 67.3 cm³/mol. The van der Waals surface area contributed by atoms with Gasteiger partial charge in [0.25, 0.3) is 0 Å². The van der Waals surface area contributed by atoms with Crippen molar-refractivity contribution in [1.82, 2.24) is 9.80 Å². The maximum Gasteiger partial charge on any atom is 0.225 e. The highest BCUT2D eigenvalue weighted by molar-refractivity contribution is 5.78. The van der Waals surface area contributed by atoms with Gasteiger partial charge in [-0.25, -0.2) is 0 Å². The number of hydrogen-bond acceptors (Lipinski definition) is 2. The van der Waals surface area contributed by atoms with E-state index in [-0.39, 0.29) is 5.92 Å². The van der Waals surface area contributed by atoms with E-state index in [9.17, 15) is 4.79 Å². The molecule has 0 spiro atoms. The monoisotopic (exact) mass is 226 g/mol. The van der Waals surface area contributed by atoms with Crippen molar-refractivity contribution >= 4 is 5.91 Å². The van der Waals surface area contributed by atoms with Crippen molar-refractivity contribution in [3.05, 3.63) is 0 Å². The highest BCUT2D eigenvalue weighted by atomic mass is 16.2. The average molecular weight is 226 g/mol. The molecule has 1 saturated heterocycles. The summed E-state index contributed by atoms with van der Waals surface area (Å²) < 4.78 is 0. The largest absolute Gasteiger partial charge is 0.340 e. The van der Waals surface area contributed by atoms with Gasteiger partial charge in [0.15, 0.2) is 0 Å². The maximum absolute atomic E-state index is 11.8. The summed E-state index contributed by atoms with van der Waals surface area (Å²) in [5.74, 6) is 1.22. The number of carbonyl (C=O) groups excluding carboxylic acids is 1. The molecule has 0 aromatic carbocycles. The molecule has 0 saturated carbocycles. The second-order valence-corrected chi connectivity index (χ2v) is 5.29. The number of nitrogens with zero attached hydrogens (tertiary/aromatic N) is 2. The number of amides is 1. The van der Waals surface area contributed by atoms with Crippen LogP contribution < -0.4 is 0 Å². The van der Waals surface area contributed by atoms with Gasteiger partial charge in [0.1, 0.15) is 0 Å². The standard InChI is InChI=1S/C13H26N2O/c1-5-12(4)10-14-6-8-15(9-7-14)13(16)11(2)3/h11-12H,5-10H2,1-4H3. The summed E-state index contributed by atoms with van der Waals surface area (Å²) in [6.45, 7) is 13.6. The second kappa shape index (κ2) is 6.24. The number of piperazine rings is 1. The molecular formula is C13H26N2O. The molecule has 1 rings (SSSR count). The number of carbonyl (C=O) groups is 1. The van der Waals surface area contributed by atoms with Crippen molar-refractivity contribution in [3.8, 4) is 0 Å². The predicted octanol–water partition coefficient (Wildman–Crippen LogP) is 1.83. The molecular weight excluding hydrogens is 200 g/mol. The van der Waals surface area contributed by atoms with E-state index in [0.717, 1.165) is 32.1 Å². The van der Waals surface area contributed by atoms with Gasteiger partial charge in [0, 0.05) is 38.6 Å². The molecule has 1 heterocycles. The summed E-state index contributed by atoms with van der Waals surface area (Å²) >= 11 is 0. The van der Waals surface area contributed by atoms with Crippen LogP contribution in [0.5, 0.6) is 0 Å². The number of hydrogen-bond donors (Lipinski definition) is 0. The van der Waals surface area contributed by atoms with Crippen LogP contribution in [-0.4, -0.2) is 48.4 Å². The zero-order chi connectivity index (χ0) is 12.1. The molecule has 0 aliphatic carbocycles. The fourth-order valence-electron chi connectivity index (χ4n) is 2.09. The molecule has 94 valence electrons. The van der Waals surface area contributed by atoms with E-state index in [1.807, 2.05) is 18.7 Å². The Labute approximate surface area is 99.8 Å². The summed E-state index contributed by atoms with van der Waals surface area (Å²) in [6.07, 6.45) is 1.24. The van der Waals surface area contributed by atoms with Crippen LogP contribution >= 0.6 is 0 Å². The van der Waals surface area contributed by atoms with Crippen molar-refractivity contribution < 1.29 is 4.79 Å². The van der Waals surface area contributed by atoms with E-state index in [0.29, 0.717) is 5.91 Å². The molecule has 3 heteroatoms. The molecule has 1 amide bonds. The molecule has 0 radical (unpaired) electrons. The van der Waals surface area contributed by atoms with Crippen molar-refractivity contribution in [2.24, 2.45) is 11.8 Å². The lowest BCUT2D eigenvalue weighted by Gasteiger charge is -2.36. The van der Waals surface area contributed by atoms with Crippen LogP contribution in [0.25, 0.3) is 0 Å². The van der Waals surface area contributed by atoms with Crippen LogP contribution in [0.3, 0.4) is 0 Å². The third-order valence-electron chi connectivity index (χ3n) is 3.44. The van der Waals surface area contributed by atoms with E-state index in [1.165, 1.54) is 13.0 Å². The molecule has 0 aromatic heterocycles. The van der Waals surface area contributed by atoms with E-state index in [2.05, 4.69) is 18.7 Å². The lowest BCUT2D eigenvalue weighted by Crippen LogP contribution is -2.50. The van der Waals surface area contributed by atoms with Crippen molar-refractivity contribution in [3.63, 3.8) is 0 Å². The van der Waals surface area contributed by atoms with Gasteiger partial charge in [-0.15, -0.1) is 0 Å². The Morgan fingerprint density at radius 1 is 1.12 bits per heavy atom. The van der Waals surface area contributed by atoms with Crippen LogP contribution in [0.1, 0.15) is 34.1 Å². The quantitative estimate of drug-likeness (QED) is 0.730. The molecule has 1 aliphatic rings. The molecule has 1 fully saturated rings. The minimum absolute atomic E-state index is 0.140. The normalized spacial score (nSPS) is 20.2. The lowest BCUT2D eigenvalue weighted by molar-refractivity contribution is -0.136. The van der Waals surface area contributed by atoms with Crippen molar-refractivity contribution in [2.75, 3.05) is 32.7 Å². The fourth-order valence-corrected chi connectivity index (χ4v) is 2.09. The first-order chi connectivity index (χ1) is 7.54. The van der Waals surface area contributed by atoms with Gasteiger partial charge < -0.3 is 4.90 Å². The van der Waals surface area contributed by atoms with Crippen LogP contribution in [0, 0.1) is 11.8 Å². The maximum atomic E-state index is 11.8. The van der Waals surface area contributed by atoms with Gasteiger partial charge in [-0.3, -0.25) is 9.69 Å². The van der Waals surface area contributed by atoms with E-state index in [1.54, 1.807) is 0 Å². The second-order valence-electron chi connectivity index (χ2n) is 5.29. The zero-order valence-corrected chi connectivity index (χ0v) is 11.2. The SMILES string of the molecule is CCC(C)CN1CCN(C(=O)C(C)C)CC1. The van der Waals surface area contributed by atoms with Gasteiger partial charge in [0.2, 0.25) is 5.91 Å². The van der Waals surface area contributed by atoms with Gasteiger partial charge in [-0.2, -0.15) is 0 Å². The van der Waals surface area contributed by atoms with E-state index >= 15 is 0 Å². The van der Waals surface area contributed by atoms with Crippen molar-refractivity contribution in [1.29, 1.82) is 0 Å². The Bertz CT molecular complexity index is 220. The molecule has 0 N–H and O–H groups in total. The summed E-state index contributed by atoms with van der Waals surface area (Å²) in [5, 5.41) is 0. The Balaban J connectivity index is 2.31. The third-order valence-corrected chi connectivity index (χ3v) is 3.44. The Hall–Kier alpha value is -0.570. The molecule has 0 aromatic rings. The molecule has 0 bridgehead atoms. The first kappa shape index (κ1) is 13.5. The van der Waals surface area contributed by atoms with Gasteiger partial charge >= 0.3 is 0 Å². The topological polar surface area (TPSA) is 23.6 Å². The summed E-state index contributed by atoms with van der Waals surface area (Å²) in [4.78, 5) is 16.3. The fraction of sp³-hybridized carbons (Fsp3) is 0.923. The zero-order valence-electron chi connectivity index (χ0n) is 11.2. The molecule has 1 aliphatic heterocycles. The van der Waals surface area contributed by atoms with E-state index in [4.69, 9.17) is 0 Å². The highest BCUT2D eigenvalue weighted by Gasteiger charge is 2.22. The van der Waals surface area contributed by atoms with Gasteiger partial charge in [-0.1, -0.05) is 34.1 Å². The Morgan fingerprint density at radius 3 is 2.12 bits per heavy atom. The minimum atomic E-state index is 0.140. The highest BCUT2D eigenvalue weighted by Crippen LogP contribution is 2.10. The van der Waals surface area contributed by atoms with Crippen LogP contribution in [0.2, 0.25) is 0 Å².